The summed E-state index contributed by atoms with van der Waals surface area (Å²) in [4.78, 5) is 0. The Morgan fingerprint density at radius 3 is 2.83 bits per heavy atom. The van der Waals surface area contributed by atoms with E-state index in [1.165, 1.54) is 0 Å². The Kier molecular flexibility index (Phi) is 3.53. The summed E-state index contributed by atoms with van der Waals surface area (Å²) in [6, 6.07) is 7.56. The number of hydroxylamine groups is 1. The fraction of sp³-hybridized carbons (Fsp3) is 0.333. The highest BCUT2D eigenvalue weighted by molar-refractivity contribution is 6.17. The van der Waals surface area contributed by atoms with Crippen molar-refractivity contribution in [2.45, 2.75) is 6.92 Å². The molecule has 3 heteroatoms. The molecule has 1 unspecified atom stereocenters. The van der Waals surface area contributed by atoms with Crippen molar-refractivity contribution in [1.29, 1.82) is 0 Å². The van der Waals surface area contributed by atoms with Gasteiger partial charge in [0.05, 0.1) is 12.4 Å². The number of hydrogen-bond donors (Lipinski definition) is 1. The Morgan fingerprint density at radius 2 is 2.25 bits per heavy atom. The van der Waals surface area contributed by atoms with Gasteiger partial charge in [-0.15, -0.1) is 11.6 Å². The van der Waals surface area contributed by atoms with Crippen LogP contribution in [0.2, 0.25) is 0 Å². The minimum Gasteiger partial charge on any atom is -0.629 e. The average molecular weight is 186 g/mol. The number of nitrogens with one attached hydrogen (secondary N) is 1. The molecular formula is C9H12ClNO. The molecular weight excluding hydrogens is 174 g/mol. The number of alkyl halides is 1. The average Bonchev–Trinajstić information content (AvgIpc) is 2.05. The van der Waals surface area contributed by atoms with Gasteiger partial charge in [-0.3, -0.25) is 0 Å². The third-order valence-corrected chi connectivity index (χ3v) is 1.85. The Bertz CT molecular complexity index is 252. The van der Waals surface area contributed by atoms with Crippen LogP contribution in [0.1, 0.15) is 5.56 Å². The lowest BCUT2D eigenvalue weighted by Crippen LogP contribution is -3.02. The molecule has 0 aromatic heterocycles. The van der Waals surface area contributed by atoms with E-state index in [0.717, 1.165) is 11.3 Å². The fourth-order valence-corrected chi connectivity index (χ4v) is 1.22. The topological polar surface area (TPSA) is 27.5 Å². The predicted octanol–water partition coefficient (Wildman–Crippen LogP) is 1.25. The lowest BCUT2D eigenvalue weighted by molar-refractivity contribution is -0.773. The number of hydrogen-bond acceptors (Lipinski definition) is 1. The van der Waals surface area contributed by atoms with Gasteiger partial charge in [0.1, 0.15) is 5.69 Å². The van der Waals surface area contributed by atoms with Gasteiger partial charge in [0.25, 0.3) is 0 Å². The van der Waals surface area contributed by atoms with Crippen molar-refractivity contribution in [3.8, 4) is 0 Å². The molecule has 0 bridgehead atoms. The van der Waals surface area contributed by atoms with Crippen LogP contribution in [0, 0.1) is 12.1 Å². The highest BCUT2D eigenvalue weighted by Gasteiger charge is 2.00. The first-order chi connectivity index (χ1) is 5.74. The molecule has 12 heavy (non-hydrogen) atoms. The van der Waals surface area contributed by atoms with E-state index in [9.17, 15) is 5.21 Å². The Balaban J connectivity index is 2.73. The molecule has 0 fully saturated rings. The standard InChI is InChI=1S/C9H12ClNO/c1-8-3-2-4-9(7-8)11(12)6-5-10/h2-4,7,11H,5-6H2,1H3. The SMILES string of the molecule is Cc1cccc([NH+]([O-])CCCl)c1. The van der Waals surface area contributed by atoms with Crippen molar-refractivity contribution in [3.05, 3.63) is 35.0 Å². The Labute approximate surface area is 77.3 Å². The summed E-state index contributed by atoms with van der Waals surface area (Å²) in [6.07, 6.45) is 0. The molecule has 1 atom stereocenters. The summed E-state index contributed by atoms with van der Waals surface area (Å²) in [6.45, 7) is 2.39. The zero-order chi connectivity index (χ0) is 8.97. The largest absolute Gasteiger partial charge is 0.629 e. The first-order valence-electron chi connectivity index (χ1n) is 3.90. The van der Waals surface area contributed by atoms with Gasteiger partial charge in [-0.1, -0.05) is 12.1 Å². The van der Waals surface area contributed by atoms with Gasteiger partial charge in [0, 0.05) is 6.07 Å². The minimum absolute atomic E-state index is 0.119. The first-order valence-corrected chi connectivity index (χ1v) is 4.43. The second-order valence-corrected chi connectivity index (χ2v) is 3.11. The summed E-state index contributed by atoms with van der Waals surface area (Å²) in [7, 11) is 0. The third-order valence-electron chi connectivity index (χ3n) is 1.66. The molecule has 0 saturated carbocycles. The molecule has 0 spiro atoms. The maximum absolute atomic E-state index is 11.3. The molecule has 0 saturated heterocycles. The molecule has 0 aliphatic rings. The predicted molar refractivity (Wildman–Crippen MR) is 50.8 cm³/mol. The summed E-state index contributed by atoms with van der Waals surface area (Å²) in [5.74, 6) is 0.396. The molecule has 0 aliphatic carbocycles. The van der Waals surface area contributed by atoms with E-state index >= 15 is 0 Å². The van der Waals surface area contributed by atoms with E-state index in [1.54, 1.807) is 0 Å². The molecule has 1 aromatic rings. The fourth-order valence-electron chi connectivity index (χ4n) is 1.05. The number of rotatable bonds is 3. The Morgan fingerprint density at radius 1 is 1.50 bits per heavy atom. The van der Waals surface area contributed by atoms with E-state index in [2.05, 4.69) is 0 Å². The first kappa shape index (κ1) is 9.52. The smallest absolute Gasteiger partial charge is 0.131 e. The Hall–Kier alpha value is -0.570. The van der Waals surface area contributed by atoms with E-state index in [1.807, 2.05) is 31.2 Å². The van der Waals surface area contributed by atoms with Gasteiger partial charge in [0.2, 0.25) is 0 Å². The monoisotopic (exact) mass is 185 g/mol. The molecule has 0 aliphatic heterocycles. The second-order valence-electron chi connectivity index (χ2n) is 2.73. The maximum atomic E-state index is 11.3. The number of quaternary nitrogens is 1. The second kappa shape index (κ2) is 4.45. The van der Waals surface area contributed by atoms with Crippen LogP contribution < -0.4 is 5.06 Å². The van der Waals surface area contributed by atoms with Crippen LogP contribution in [0.15, 0.2) is 24.3 Å². The van der Waals surface area contributed by atoms with Gasteiger partial charge < -0.3 is 10.3 Å². The molecule has 1 rings (SSSR count). The summed E-state index contributed by atoms with van der Waals surface area (Å²) < 4.78 is 0. The van der Waals surface area contributed by atoms with Crippen LogP contribution in [0.5, 0.6) is 0 Å². The van der Waals surface area contributed by atoms with Crippen molar-refractivity contribution >= 4 is 17.3 Å². The zero-order valence-corrected chi connectivity index (χ0v) is 7.77. The van der Waals surface area contributed by atoms with E-state index in [-0.39, 0.29) is 5.06 Å². The number of benzene rings is 1. The summed E-state index contributed by atoms with van der Waals surface area (Å²) in [5, 5.41) is 11.4. The van der Waals surface area contributed by atoms with E-state index < -0.39 is 0 Å². The molecule has 0 heterocycles. The van der Waals surface area contributed by atoms with Crippen molar-refractivity contribution < 1.29 is 5.06 Å². The van der Waals surface area contributed by atoms with Crippen molar-refractivity contribution in [2.75, 3.05) is 12.4 Å². The molecule has 1 aromatic carbocycles. The quantitative estimate of drug-likeness (QED) is 0.557. The lowest BCUT2D eigenvalue weighted by Gasteiger charge is -2.20. The van der Waals surface area contributed by atoms with Crippen molar-refractivity contribution in [2.24, 2.45) is 0 Å². The molecule has 0 radical (unpaired) electrons. The molecule has 1 N–H and O–H groups in total. The molecule has 0 amide bonds. The maximum Gasteiger partial charge on any atom is 0.131 e. The van der Waals surface area contributed by atoms with Crippen LogP contribution in [-0.2, 0) is 0 Å². The lowest BCUT2D eigenvalue weighted by atomic mass is 10.2. The van der Waals surface area contributed by atoms with Gasteiger partial charge in [0.15, 0.2) is 0 Å². The summed E-state index contributed by atoms with van der Waals surface area (Å²) in [5.41, 5.74) is 1.87. The van der Waals surface area contributed by atoms with Crippen molar-refractivity contribution in [3.63, 3.8) is 0 Å². The zero-order valence-electron chi connectivity index (χ0n) is 7.01. The van der Waals surface area contributed by atoms with E-state index in [0.29, 0.717) is 12.4 Å². The van der Waals surface area contributed by atoms with Crippen LogP contribution in [-0.4, -0.2) is 12.4 Å². The van der Waals surface area contributed by atoms with Gasteiger partial charge in [-0.2, -0.15) is 0 Å². The van der Waals surface area contributed by atoms with Gasteiger partial charge >= 0.3 is 0 Å². The van der Waals surface area contributed by atoms with Crippen molar-refractivity contribution in [1.82, 2.24) is 0 Å². The van der Waals surface area contributed by atoms with Crippen LogP contribution in [0.25, 0.3) is 0 Å². The van der Waals surface area contributed by atoms with Crippen LogP contribution >= 0.6 is 11.6 Å². The van der Waals surface area contributed by atoms with Crippen LogP contribution in [0.4, 0.5) is 5.69 Å². The molecule has 2 nitrogen and oxygen atoms in total. The highest BCUT2D eigenvalue weighted by Crippen LogP contribution is 2.03. The van der Waals surface area contributed by atoms with E-state index in [4.69, 9.17) is 11.6 Å². The molecule has 66 valence electrons. The summed E-state index contributed by atoms with van der Waals surface area (Å²) >= 11 is 5.47. The number of aryl methyl sites for hydroxylation is 1. The third kappa shape index (κ3) is 2.48. The highest BCUT2D eigenvalue weighted by atomic mass is 35.5. The minimum atomic E-state index is 0.119. The van der Waals surface area contributed by atoms with Gasteiger partial charge in [-0.25, -0.2) is 0 Å². The van der Waals surface area contributed by atoms with Gasteiger partial charge in [-0.05, 0) is 18.6 Å². The number of halogens is 1. The van der Waals surface area contributed by atoms with Crippen LogP contribution in [0.3, 0.4) is 0 Å². The normalized spacial score (nSPS) is 12.9.